The molecule has 7 nitrogen and oxygen atoms in total. The van der Waals surface area contributed by atoms with Crippen LogP contribution in [-0.2, 0) is 15.4 Å². The van der Waals surface area contributed by atoms with E-state index in [0.29, 0.717) is 0 Å². The highest BCUT2D eigenvalue weighted by Crippen LogP contribution is 2.35. The van der Waals surface area contributed by atoms with Gasteiger partial charge in [0.05, 0.1) is 28.2 Å². The quantitative estimate of drug-likeness (QED) is 0.716. The molecule has 1 saturated heterocycles. The molecule has 0 radical (unpaired) electrons. The summed E-state index contributed by atoms with van der Waals surface area (Å²) in [6, 6.07) is 7.93. The molecule has 0 saturated carbocycles. The summed E-state index contributed by atoms with van der Waals surface area (Å²) in [6.07, 6.45) is 1.83. The first kappa shape index (κ1) is 22.9. The second-order valence-corrected chi connectivity index (χ2v) is 10.7. The fraction of sp³-hybridized carbons (Fsp3) is 0.542. The molecule has 3 atom stereocenters. The van der Waals surface area contributed by atoms with Crippen LogP contribution in [0.4, 0.5) is 0 Å². The Morgan fingerprint density at radius 3 is 2.66 bits per heavy atom. The maximum atomic E-state index is 13.3. The van der Waals surface area contributed by atoms with Gasteiger partial charge in [0.15, 0.2) is 0 Å². The maximum absolute atomic E-state index is 13.3. The van der Waals surface area contributed by atoms with E-state index < -0.39 is 5.72 Å². The third-order valence-corrected chi connectivity index (χ3v) is 7.35. The predicted octanol–water partition coefficient (Wildman–Crippen LogP) is 3.85. The highest BCUT2D eigenvalue weighted by atomic mass is 32.1. The molecular formula is C24H33N5O2S. The standard InChI is InChI=1S/C24H33N5O2S/c1-15-19(32-14-26-15)16-9-11-17(12-10-16)24(5)27-21(28-31-24)18-8-7-13-29(18)22(30)20(25-6)23(2,3)4/h9-12,14,18,20,25H,7-8,13H2,1-6H3,(H,27,28)/t18-,20+,24?/m0/s1. The van der Waals surface area contributed by atoms with Crippen molar-refractivity contribution in [3.05, 3.63) is 41.0 Å². The van der Waals surface area contributed by atoms with Crippen LogP contribution >= 0.6 is 11.3 Å². The van der Waals surface area contributed by atoms with Crippen molar-refractivity contribution in [2.24, 2.45) is 10.4 Å². The van der Waals surface area contributed by atoms with E-state index in [4.69, 9.17) is 9.83 Å². The Morgan fingerprint density at radius 2 is 2.06 bits per heavy atom. The zero-order chi connectivity index (χ0) is 23.1. The van der Waals surface area contributed by atoms with Crippen molar-refractivity contribution in [3.63, 3.8) is 0 Å². The number of rotatable bonds is 5. The molecule has 2 aromatic rings. The van der Waals surface area contributed by atoms with Crippen molar-refractivity contribution in [2.45, 2.75) is 65.3 Å². The third kappa shape index (κ3) is 4.19. The number of hydroxylamine groups is 1. The number of amides is 1. The fourth-order valence-corrected chi connectivity index (χ4v) is 5.42. The zero-order valence-corrected chi connectivity index (χ0v) is 20.5. The van der Waals surface area contributed by atoms with Crippen LogP contribution in [0.15, 0.2) is 34.8 Å². The van der Waals surface area contributed by atoms with Crippen LogP contribution in [0.25, 0.3) is 10.4 Å². The van der Waals surface area contributed by atoms with Crippen LogP contribution in [0.5, 0.6) is 0 Å². The number of carbonyl (C=O) groups is 1. The van der Waals surface area contributed by atoms with E-state index in [-0.39, 0.29) is 23.4 Å². The van der Waals surface area contributed by atoms with Crippen molar-refractivity contribution >= 4 is 23.1 Å². The van der Waals surface area contributed by atoms with Gasteiger partial charge in [0.25, 0.3) is 0 Å². The molecule has 0 aliphatic carbocycles. The number of nitrogens with one attached hydrogen (secondary N) is 2. The van der Waals surface area contributed by atoms with Gasteiger partial charge in [-0.2, -0.15) is 0 Å². The van der Waals surface area contributed by atoms with E-state index in [0.717, 1.165) is 42.0 Å². The minimum atomic E-state index is -0.833. The molecule has 0 bridgehead atoms. The van der Waals surface area contributed by atoms with E-state index in [1.165, 1.54) is 4.88 Å². The maximum Gasteiger partial charge on any atom is 0.240 e. The van der Waals surface area contributed by atoms with E-state index in [1.54, 1.807) is 11.3 Å². The summed E-state index contributed by atoms with van der Waals surface area (Å²) in [4.78, 5) is 31.7. The highest BCUT2D eigenvalue weighted by molar-refractivity contribution is 7.13. The molecule has 0 spiro atoms. The van der Waals surface area contributed by atoms with Crippen LogP contribution in [-0.4, -0.2) is 47.3 Å². The fourth-order valence-electron chi connectivity index (χ4n) is 4.61. The monoisotopic (exact) mass is 455 g/mol. The van der Waals surface area contributed by atoms with Gasteiger partial charge < -0.3 is 10.2 Å². The number of likely N-dealkylation sites (tertiary alicyclic amines) is 1. The minimum absolute atomic E-state index is 0.0957. The highest BCUT2D eigenvalue weighted by Gasteiger charge is 2.43. The van der Waals surface area contributed by atoms with Gasteiger partial charge in [-0.05, 0) is 44.7 Å². The molecular weight excluding hydrogens is 422 g/mol. The van der Waals surface area contributed by atoms with Crippen LogP contribution in [0.3, 0.4) is 0 Å². The summed E-state index contributed by atoms with van der Waals surface area (Å²) < 4.78 is 0. The SMILES string of the molecule is CN[C@H](C(=O)N1CCC[C@H]1C1=NC(C)(c2ccc(-c3scnc3C)cc2)ON1)C(C)(C)C. The molecule has 8 heteroatoms. The summed E-state index contributed by atoms with van der Waals surface area (Å²) in [5.41, 5.74) is 7.05. The number of thiazole rings is 1. The predicted molar refractivity (Wildman–Crippen MR) is 128 cm³/mol. The summed E-state index contributed by atoms with van der Waals surface area (Å²) in [7, 11) is 1.85. The Bertz CT molecular complexity index is 1010. The van der Waals surface area contributed by atoms with Gasteiger partial charge >= 0.3 is 0 Å². The van der Waals surface area contributed by atoms with Crippen LogP contribution < -0.4 is 10.8 Å². The van der Waals surface area contributed by atoms with Gasteiger partial charge in [-0.3, -0.25) is 4.79 Å². The molecule has 1 amide bonds. The Hall–Kier alpha value is -2.29. The Balaban J connectivity index is 1.55. The molecule has 1 fully saturated rings. The average Bonchev–Trinajstić information content (AvgIpc) is 3.47. The van der Waals surface area contributed by atoms with Crippen LogP contribution in [0.2, 0.25) is 0 Å². The van der Waals surface area contributed by atoms with Gasteiger partial charge in [-0.25, -0.2) is 20.3 Å². The lowest BCUT2D eigenvalue weighted by Gasteiger charge is -2.35. The largest absolute Gasteiger partial charge is 0.331 e. The topological polar surface area (TPSA) is 78.9 Å². The Morgan fingerprint density at radius 1 is 1.34 bits per heavy atom. The van der Waals surface area contributed by atoms with E-state index in [2.05, 4.69) is 60.8 Å². The van der Waals surface area contributed by atoms with E-state index in [9.17, 15) is 4.79 Å². The Labute approximate surface area is 194 Å². The van der Waals surface area contributed by atoms with Crippen molar-refractivity contribution in [3.8, 4) is 10.4 Å². The number of amidine groups is 1. The molecule has 2 aliphatic rings. The van der Waals surface area contributed by atoms with Crippen molar-refractivity contribution in [2.75, 3.05) is 13.6 Å². The van der Waals surface area contributed by atoms with Crippen molar-refractivity contribution < 1.29 is 9.63 Å². The van der Waals surface area contributed by atoms with Crippen molar-refractivity contribution in [1.82, 2.24) is 20.7 Å². The lowest BCUT2D eigenvalue weighted by atomic mass is 9.86. The minimum Gasteiger partial charge on any atom is -0.331 e. The molecule has 172 valence electrons. The number of carbonyl (C=O) groups excluding carboxylic acids is 1. The summed E-state index contributed by atoms with van der Waals surface area (Å²) in [5, 5.41) is 3.21. The molecule has 2 aliphatic heterocycles. The first-order valence-electron chi connectivity index (χ1n) is 11.2. The normalized spacial score (nSPS) is 24.4. The molecule has 1 unspecified atom stereocenters. The summed E-state index contributed by atoms with van der Waals surface area (Å²) >= 11 is 1.64. The van der Waals surface area contributed by atoms with Gasteiger partial charge in [-0.15, -0.1) is 11.3 Å². The van der Waals surface area contributed by atoms with Gasteiger partial charge in [0.1, 0.15) is 5.84 Å². The molecule has 4 rings (SSSR count). The van der Waals surface area contributed by atoms with Crippen LogP contribution in [0.1, 0.15) is 51.8 Å². The summed E-state index contributed by atoms with van der Waals surface area (Å²) in [5.74, 6) is 0.842. The molecule has 1 aromatic carbocycles. The number of aliphatic imine (C=N–C) groups is 1. The smallest absolute Gasteiger partial charge is 0.240 e. The van der Waals surface area contributed by atoms with Gasteiger partial charge in [0.2, 0.25) is 11.6 Å². The van der Waals surface area contributed by atoms with Crippen molar-refractivity contribution in [1.29, 1.82) is 0 Å². The lowest BCUT2D eigenvalue weighted by Crippen LogP contribution is -2.55. The molecule has 2 N–H and O–H groups in total. The second-order valence-electron chi connectivity index (χ2n) is 9.81. The van der Waals surface area contributed by atoms with Crippen LogP contribution in [0, 0.1) is 12.3 Å². The van der Waals surface area contributed by atoms with E-state index in [1.807, 2.05) is 31.3 Å². The molecule has 32 heavy (non-hydrogen) atoms. The number of nitrogens with zero attached hydrogens (tertiary/aromatic N) is 3. The second kappa shape index (κ2) is 8.57. The molecule has 1 aromatic heterocycles. The third-order valence-electron chi connectivity index (χ3n) is 6.37. The number of likely N-dealkylation sites (N-methyl/N-ethyl adjacent to an activating group) is 1. The number of aromatic nitrogens is 1. The number of aryl methyl sites for hydroxylation is 1. The lowest BCUT2D eigenvalue weighted by molar-refractivity contribution is -0.135. The average molecular weight is 456 g/mol. The summed E-state index contributed by atoms with van der Waals surface area (Å²) in [6.45, 7) is 11.0. The number of benzene rings is 1. The zero-order valence-electron chi connectivity index (χ0n) is 19.7. The van der Waals surface area contributed by atoms with Gasteiger partial charge in [-0.1, -0.05) is 45.0 Å². The number of hydrogen-bond donors (Lipinski definition) is 2. The molecule has 3 heterocycles. The number of hydrogen-bond acceptors (Lipinski definition) is 7. The Kier molecular flexibility index (Phi) is 6.13. The first-order valence-corrected chi connectivity index (χ1v) is 12.0. The van der Waals surface area contributed by atoms with Gasteiger partial charge in [0, 0.05) is 12.1 Å². The first-order chi connectivity index (χ1) is 15.1. The van der Waals surface area contributed by atoms with E-state index >= 15 is 0 Å².